The summed E-state index contributed by atoms with van der Waals surface area (Å²) in [5.74, 6) is 3.54. The third-order valence-corrected chi connectivity index (χ3v) is 3.18. The Labute approximate surface area is 130 Å². The highest BCUT2D eigenvalue weighted by Crippen LogP contribution is 2.10. The first-order valence-electron chi connectivity index (χ1n) is 7.87. The molecule has 0 heterocycles. The molecule has 21 heavy (non-hydrogen) atoms. The Morgan fingerprint density at radius 1 is 1.24 bits per heavy atom. The average Bonchev–Trinajstić information content (AvgIpc) is 2.34. The highest BCUT2D eigenvalue weighted by molar-refractivity contribution is 5.67. The van der Waals surface area contributed by atoms with Crippen LogP contribution in [-0.4, -0.2) is 31.3 Å². The van der Waals surface area contributed by atoms with Crippen molar-refractivity contribution < 1.29 is 9.53 Å². The Bertz CT molecular complexity index is 327. The predicted molar refractivity (Wildman–Crippen MR) is 88.1 cm³/mol. The molecule has 122 valence electrons. The number of ether oxygens (including phenoxy) is 1. The summed E-state index contributed by atoms with van der Waals surface area (Å²) in [6, 6.07) is 0. The molecule has 1 amide bonds. The molecule has 4 nitrogen and oxygen atoms in total. The Morgan fingerprint density at radius 2 is 1.90 bits per heavy atom. The minimum Gasteiger partial charge on any atom is -0.444 e. The van der Waals surface area contributed by atoms with Crippen LogP contribution in [0.4, 0.5) is 4.79 Å². The highest BCUT2D eigenvalue weighted by Gasteiger charge is 2.18. The van der Waals surface area contributed by atoms with Gasteiger partial charge in [0.05, 0.1) is 0 Å². The molecule has 0 rings (SSSR count). The van der Waals surface area contributed by atoms with Crippen LogP contribution in [0.2, 0.25) is 0 Å². The molecule has 0 bridgehead atoms. The largest absolute Gasteiger partial charge is 0.444 e. The van der Waals surface area contributed by atoms with E-state index in [4.69, 9.17) is 11.2 Å². The van der Waals surface area contributed by atoms with E-state index in [1.54, 1.807) is 0 Å². The van der Waals surface area contributed by atoms with Crippen LogP contribution in [0.1, 0.15) is 53.9 Å². The molecule has 0 aliphatic rings. The SMILES string of the molecule is C#CCCCCNCC(CNC(=O)OC(C)(C)C)C(C)C. The Kier molecular flexibility index (Phi) is 9.90. The zero-order chi connectivity index (χ0) is 16.3. The van der Waals surface area contributed by atoms with Gasteiger partial charge in [0.15, 0.2) is 0 Å². The number of terminal acetylenes is 1. The summed E-state index contributed by atoms with van der Waals surface area (Å²) in [6.45, 7) is 12.4. The van der Waals surface area contributed by atoms with Gasteiger partial charge in [-0.1, -0.05) is 13.8 Å². The molecule has 0 aliphatic carbocycles. The van der Waals surface area contributed by atoms with Gasteiger partial charge in [0.2, 0.25) is 0 Å². The number of alkyl carbamates (subject to hydrolysis) is 1. The summed E-state index contributed by atoms with van der Waals surface area (Å²) >= 11 is 0. The number of hydrogen-bond acceptors (Lipinski definition) is 3. The van der Waals surface area contributed by atoms with Crippen molar-refractivity contribution in [1.29, 1.82) is 0 Å². The van der Waals surface area contributed by atoms with Crippen molar-refractivity contribution >= 4 is 6.09 Å². The summed E-state index contributed by atoms with van der Waals surface area (Å²) in [6.07, 6.45) is 7.87. The van der Waals surface area contributed by atoms with E-state index in [1.807, 2.05) is 20.8 Å². The van der Waals surface area contributed by atoms with Crippen molar-refractivity contribution in [3.05, 3.63) is 0 Å². The second kappa shape index (κ2) is 10.5. The lowest BCUT2D eigenvalue weighted by Gasteiger charge is -2.24. The minimum absolute atomic E-state index is 0.345. The summed E-state index contributed by atoms with van der Waals surface area (Å²) in [4.78, 5) is 11.7. The zero-order valence-electron chi connectivity index (χ0n) is 14.3. The van der Waals surface area contributed by atoms with Crippen molar-refractivity contribution in [2.24, 2.45) is 11.8 Å². The molecule has 0 aromatic carbocycles. The molecule has 0 saturated heterocycles. The summed E-state index contributed by atoms with van der Waals surface area (Å²) in [5.41, 5.74) is -0.452. The van der Waals surface area contributed by atoms with Gasteiger partial charge in [-0.25, -0.2) is 4.79 Å². The predicted octanol–water partition coefficient (Wildman–Crippen LogP) is 3.18. The fourth-order valence-corrected chi connectivity index (χ4v) is 1.84. The van der Waals surface area contributed by atoms with Crippen molar-refractivity contribution in [3.8, 4) is 12.3 Å². The van der Waals surface area contributed by atoms with Gasteiger partial charge in [-0.05, 0) is 58.5 Å². The lowest BCUT2D eigenvalue weighted by Crippen LogP contribution is -2.39. The van der Waals surface area contributed by atoms with Gasteiger partial charge >= 0.3 is 6.09 Å². The normalized spacial score (nSPS) is 12.8. The van der Waals surface area contributed by atoms with Crippen LogP contribution in [-0.2, 0) is 4.74 Å². The zero-order valence-corrected chi connectivity index (χ0v) is 14.3. The standard InChI is InChI=1S/C17H32N2O2/c1-7-8-9-10-11-18-12-15(14(2)3)13-19-16(20)21-17(4,5)6/h1,14-15,18H,8-13H2,2-6H3,(H,19,20). The lowest BCUT2D eigenvalue weighted by atomic mass is 9.95. The van der Waals surface area contributed by atoms with Gasteiger partial charge in [0.25, 0.3) is 0 Å². The second-order valence-electron chi connectivity index (χ2n) is 6.75. The fraction of sp³-hybridized carbons (Fsp3) is 0.824. The smallest absolute Gasteiger partial charge is 0.407 e. The monoisotopic (exact) mass is 296 g/mol. The van der Waals surface area contributed by atoms with E-state index in [1.165, 1.54) is 0 Å². The molecule has 1 atom stereocenters. The lowest BCUT2D eigenvalue weighted by molar-refractivity contribution is 0.0515. The van der Waals surface area contributed by atoms with Crippen molar-refractivity contribution in [2.45, 2.75) is 59.5 Å². The highest BCUT2D eigenvalue weighted by atomic mass is 16.6. The van der Waals surface area contributed by atoms with E-state index < -0.39 is 5.60 Å². The number of unbranched alkanes of at least 4 members (excludes halogenated alkanes) is 2. The first-order valence-corrected chi connectivity index (χ1v) is 7.87. The van der Waals surface area contributed by atoms with Gasteiger partial charge in [0.1, 0.15) is 5.60 Å². The molecule has 0 spiro atoms. The average molecular weight is 296 g/mol. The van der Waals surface area contributed by atoms with Crippen LogP contribution in [0.25, 0.3) is 0 Å². The van der Waals surface area contributed by atoms with E-state index >= 15 is 0 Å². The summed E-state index contributed by atoms with van der Waals surface area (Å²) < 4.78 is 5.25. The van der Waals surface area contributed by atoms with E-state index in [-0.39, 0.29) is 6.09 Å². The maximum atomic E-state index is 11.7. The van der Waals surface area contributed by atoms with Crippen molar-refractivity contribution in [2.75, 3.05) is 19.6 Å². The molecule has 0 fully saturated rings. The number of hydrogen-bond donors (Lipinski definition) is 2. The quantitative estimate of drug-likeness (QED) is 0.507. The molecular formula is C17H32N2O2. The molecule has 1 unspecified atom stereocenters. The second-order valence-corrected chi connectivity index (χ2v) is 6.75. The minimum atomic E-state index is -0.452. The maximum Gasteiger partial charge on any atom is 0.407 e. The first-order chi connectivity index (χ1) is 9.76. The molecule has 4 heteroatoms. The van der Waals surface area contributed by atoms with Crippen molar-refractivity contribution in [1.82, 2.24) is 10.6 Å². The molecule has 0 radical (unpaired) electrons. The van der Waals surface area contributed by atoms with Gasteiger partial charge in [0, 0.05) is 13.0 Å². The Morgan fingerprint density at radius 3 is 2.43 bits per heavy atom. The third-order valence-electron chi connectivity index (χ3n) is 3.18. The van der Waals surface area contributed by atoms with E-state index in [0.29, 0.717) is 18.4 Å². The number of nitrogens with one attached hydrogen (secondary N) is 2. The van der Waals surface area contributed by atoms with Crippen LogP contribution in [0, 0.1) is 24.2 Å². The van der Waals surface area contributed by atoms with E-state index in [2.05, 4.69) is 30.4 Å². The summed E-state index contributed by atoms with van der Waals surface area (Å²) in [7, 11) is 0. The first kappa shape index (κ1) is 19.8. The van der Waals surface area contributed by atoms with E-state index in [0.717, 1.165) is 32.4 Å². The van der Waals surface area contributed by atoms with Gasteiger partial charge in [-0.3, -0.25) is 0 Å². The van der Waals surface area contributed by atoms with Crippen LogP contribution in [0.3, 0.4) is 0 Å². The molecule has 0 aromatic rings. The Balaban J connectivity index is 3.93. The topological polar surface area (TPSA) is 50.4 Å². The van der Waals surface area contributed by atoms with Crippen LogP contribution in [0.5, 0.6) is 0 Å². The number of carbonyl (C=O) groups excluding carboxylic acids is 1. The summed E-state index contributed by atoms with van der Waals surface area (Å²) in [5, 5.41) is 6.29. The van der Waals surface area contributed by atoms with Crippen LogP contribution >= 0.6 is 0 Å². The fourth-order valence-electron chi connectivity index (χ4n) is 1.84. The molecule has 0 aromatic heterocycles. The van der Waals surface area contributed by atoms with Gasteiger partial charge in [-0.15, -0.1) is 12.3 Å². The molecular weight excluding hydrogens is 264 g/mol. The third kappa shape index (κ3) is 12.3. The number of carbonyl (C=O) groups is 1. The molecule has 2 N–H and O–H groups in total. The van der Waals surface area contributed by atoms with Gasteiger partial charge in [-0.2, -0.15) is 0 Å². The van der Waals surface area contributed by atoms with E-state index in [9.17, 15) is 4.79 Å². The molecule has 0 aliphatic heterocycles. The van der Waals surface area contributed by atoms with Crippen LogP contribution in [0.15, 0.2) is 0 Å². The Hall–Kier alpha value is -1.21. The van der Waals surface area contributed by atoms with Gasteiger partial charge < -0.3 is 15.4 Å². The van der Waals surface area contributed by atoms with Crippen LogP contribution < -0.4 is 10.6 Å². The van der Waals surface area contributed by atoms with Crippen molar-refractivity contribution in [3.63, 3.8) is 0 Å². The maximum absolute atomic E-state index is 11.7. The number of rotatable bonds is 9. The number of amides is 1. The molecule has 0 saturated carbocycles.